The molecule has 0 saturated heterocycles. The largest absolute Gasteiger partial charge is 0.496 e. The zero-order chi connectivity index (χ0) is 14.0. The second-order valence-electron chi connectivity index (χ2n) is 4.53. The van der Waals surface area contributed by atoms with Crippen LogP contribution >= 0.6 is 0 Å². The fraction of sp³-hybridized carbons (Fsp3) is 0.400. The molecule has 4 heteroatoms. The summed E-state index contributed by atoms with van der Waals surface area (Å²) in [6.45, 7) is 3.95. The number of aromatic amines is 1. The molecule has 0 aliphatic carbocycles. The second-order valence-corrected chi connectivity index (χ2v) is 4.53. The number of aromatic nitrogens is 1. The van der Waals surface area contributed by atoms with Gasteiger partial charge in [0.1, 0.15) is 11.5 Å². The van der Waals surface area contributed by atoms with Crippen molar-refractivity contribution in [2.24, 2.45) is 0 Å². The van der Waals surface area contributed by atoms with E-state index in [2.05, 4.69) is 11.9 Å². The maximum Gasteiger partial charge on any atom is 0.251 e. The molecule has 1 N–H and O–H groups in total. The molecule has 1 heterocycles. The minimum Gasteiger partial charge on any atom is -0.496 e. The van der Waals surface area contributed by atoms with Crippen LogP contribution in [0.4, 0.5) is 0 Å². The maximum absolute atomic E-state index is 12.0. The van der Waals surface area contributed by atoms with Gasteiger partial charge in [0.15, 0.2) is 0 Å². The van der Waals surface area contributed by atoms with Gasteiger partial charge in [0.2, 0.25) is 0 Å². The molecular weight excluding hydrogens is 242 g/mol. The van der Waals surface area contributed by atoms with Crippen molar-refractivity contribution >= 4 is 10.9 Å². The van der Waals surface area contributed by atoms with Gasteiger partial charge in [-0.2, -0.15) is 0 Å². The molecule has 0 unspecified atom stereocenters. The van der Waals surface area contributed by atoms with E-state index < -0.39 is 0 Å². The van der Waals surface area contributed by atoms with Gasteiger partial charge in [0.25, 0.3) is 5.56 Å². The fourth-order valence-electron chi connectivity index (χ4n) is 2.42. The molecule has 0 fully saturated rings. The minimum atomic E-state index is -0.0671. The van der Waals surface area contributed by atoms with Gasteiger partial charge in [0.05, 0.1) is 19.7 Å². The Bertz CT molecular complexity index is 658. The summed E-state index contributed by atoms with van der Waals surface area (Å²) in [5.74, 6) is 1.42. The van der Waals surface area contributed by atoms with E-state index in [1.165, 1.54) is 0 Å². The number of pyridine rings is 1. The number of H-pyrrole nitrogens is 1. The Labute approximate surface area is 112 Å². The SMILES string of the molecule is CCCc1c(C)c(=O)[nH]c2c(OC)ccc(OC)c12. The van der Waals surface area contributed by atoms with Gasteiger partial charge in [0, 0.05) is 10.9 Å². The number of hydrogen-bond donors (Lipinski definition) is 1. The monoisotopic (exact) mass is 261 g/mol. The Kier molecular flexibility index (Phi) is 3.79. The second kappa shape index (κ2) is 5.34. The van der Waals surface area contributed by atoms with Crippen LogP contribution in [-0.4, -0.2) is 19.2 Å². The van der Waals surface area contributed by atoms with Crippen LogP contribution in [0.15, 0.2) is 16.9 Å². The number of hydrogen-bond acceptors (Lipinski definition) is 3. The quantitative estimate of drug-likeness (QED) is 0.920. The molecule has 0 aliphatic heterocycles. The van der Waals surface area contributed by atoms with E-state index in [1.807, 2.05) is 19.1 Å². The molecule has 0 aliphatic rings. The Morgan fingerprint density at radius 3 is 2.37 bits per heavy atom. The van der Waals surface area contributed by atoms with Crippen molar-refractivity contribution in [1.29, 1.82) is 0 Å². The summed E-state index contributed by atoms with van der Waals surface area (Å²) in [6, 6.07) is 3.68. The van der Waals surface area contributed by atoms with Gasteiger partial charge in [-0.15, -0.1) is 0 Å². The van der Waals surface area contributed by atoms with Crippen molar-refractivity contribution in [1.82, 2.24) is 4.98 Å². The number of fused-ring (bicyclic) bond motifs is 1. The van der Waals surface area contributed by atoms with Crippen molar-refractivity contribution in [2.75, 3.05) is 14.2 Å². The molecule has 0 spiro atoms. The van der Waals surface area contributed by atoms with Crippen LogP contribution in [-0.2, 0) is 6.42 Å². The predicted octanol–water partition coefficient (Wildman–Crippen LogP) is 2.81. The highest BCUT2D eigenvalue weighted by atomic mass is 16.5. The molecule has 2 aromatic rings. The van der Waals surface area contributed by atoms with E-state index in [1.54, 1.807) is 14.2 Å². The zero-order valence-corrected chi connectivity index (χ0v) is 11.8. The first-order valence-electron chi connectivity index (χ1n) is 6.40. The van der Waals surface area contributed by atoms with E-state index in [4.69, 9.17) is 9.47 Å². The lowest BCUT2D eigenvalue weighted by Gasteiger charge is -2.14. The zero-order valence-electron chi connectivity index (χ0n) is 11.8. The van der Waals surface area contributed by atoms with Gasteiger partial charge in [-0.05, 0) is 31.0 Å². The van der Waals surface area contributed by atoms with Gasteiger partial charge in [-0.25, -0.2) is 0 Å². The average molecular weight is 261 g/mol. The number of methoxy groups -OCH3 is 2. The molecule has 0 bridgehead atoms. The Morgan fingerprint density at radius 2 is 1.79 bits per heavy atom. The molecule has 1 aromatic heterocycles. The van der Waals surface area contributed by atoms with Gasteiger partial charge in [-0.3, -0.25) is 4.79 Å². The lowest BCUT2D eigenvalue weighted by molar-refractivity contribution is 0.409. The molecule has 4 nitrogen and oxygen atoms in total. The molecule has 2 rings (SSSR count). The third-order valence-corrected chi connectivity index (χ3v) is 3.40. The van der Waals surface area contributed by atoms with E-state index in [-0.39, 0.29) is 5.56 Å². The smallest absolute Gasteiger partial charge is 0.251 e. The van der Waals surface area contributed by atoms with E-state index in [0.717, 1.165) is 35.1 Å². The first-order chi connectivity index (χ1) is 9.13. The Morgan fingerprint density at radius 1 is 1.16 bits per heavy atom. The van der Waals surface area contributed by atoms with Gasteiger partial charge >= 0.3 is 0 Å². The van der Waals surface area contributed by atoms with Crippen molar-refractivity contribution < 1.29 is 9.47 Å². The molecular formula is C15H19NO3. The number of rotatable bonds is 4. The maximum atomic E-state index is 12.0. The molecule has 102 valence electrons. The first kappa shape index (κ1) is 13.5. The van der Waals surface area contributed by atoms with Crippen LogP contribution in [0.2, 0.25) is 0 Å². The van der Waals surface area contributed by atoms with Crippen molar-refractivity contribution in [3.63, 3.8) is 0 Å². The third-order valence-electron chi connectivity index (χ3n) is 3.40. The van der Waals surface area contributed by atoms with Crippen LogP contribution < -0.4 is 15.0 Å². The molecule has 0 atom stereocenters. The number of aryl methyl sites for hydroxylation is 1. The van der Waals surface area contributed by atoms with E-state index in [9.17, 15) is 4.79 Å². The van der Waals surface area contributed by atoms with E-state index in [0.29, 0.717) is 11.3 Å². The molecule has 19 heavy (non-hydrogen) atoms. The normalized spacial score (nSPS) is 10.7. The third kappa shape index (κ3) is 2.18. The molecule has 1 aromatic carbocycles. The topological polar surface area (TPSA) is 51.3 Å². The highest BCUT2D eigenvalue weighted by Crippen LogP contribution is 2.34. The minimum absolute atomic E-state index is 0.0671. The summed E-state index contributed by atoms with van der Waals surface area (Å²) in [4.78, 5) is 14.9. The van der Waals surface area contributed by atoms with Crippen molar-refractivity contribution in [3.8, 4) is 11.5 Å². The fourth-order valence-corrected chi connectivity index (χ4v) is 2.42. The highest BCUT2D eigenvalue weighted by Gasteiger charge is 2.15. The van der Waals surface area contributed by atoms with Gasteiger partial charge < -0.3 is 14.5 Å². The Hall–Kier alpha value is -1.97. The van der Waals surface area contributed by atoms with Crippen LogP contribution in [0.25, 0.3) is 10.9 Å². The summed E-state index contributed by atoms with van der Waals surface area (Å²) in [7, 11) is 3.23. The lowest BCUT2D eigenvalue weighted by Crippen LogP contribution is -2.14. The molecule has 0 radical (unpaired) electrons. The molecule has 0 amide bonds. The number of benzene rings is 1. The summed E-state index contributed by atoms with van der Waals surface area (Å²) in [5.41, 5.74) is 2.43. The van der Waals surface area contributed by atoms with Gasteiger partial charge in [-0.1, -0.05) is 13.3 Å². The average Bonchev–Trinajstić information content (AvgIpc) is 2.42. The van der Waals surface area contributed by atoms with Crippen LogP contribution in [0, 0.1) is 6.92 Å². The predicted molar refractivity (Wildman–Crippen MR) is 76.4 cm³/mol. The first-order valence-corrected chi connectivity index (χ1v) is 6.40. The summed E-state index contributed by atoms with van der Waals surface area (Å²) >= 11 is 0. The summed E-state index contributed by atoms with van der Waals surface area (Å²) in [5, 5.41) is 0.945. The summed E-state index contributed by atoms with van der Waals surface area (Å²) < 4.78 is 10.8. The number of nitrogens with one attached hydrogen (secondary N) is 1. The molecule has 0 saturated carbocycles. The number of ether oxygens (including phenoxy) is 2. The van der Waals surface area contributed by atoms with Crippen LogP contribution in [0.3, 0.4) is 0 Å². The van der Waals surface area contributed by atoms with Crippen LogP contribution in [0.1, 0.15) is 24.5 Å². The Balaban J connectivity index is 2.95. The highest BCUT2D eigenvalue weighted by molar-refractivity contribution is 5.93. The van der Waals surface area contributed by atoms with Crippen molar-refractivity contribution in [2.45, 2.75) is 26.7 Å². The summed E-state index contributed by atoms with van der Waals surface area (Å²) in [6.07, 6.45) is 1.82. The van der Waals surface area contributed by atoms with E-state index >= 15 is 0 Å². The standard InChI is InChI=1S/C15H19NO3/c1-5-6-10-9(2)15(17)16-14-12(19-4)8-7-11(18-3)13(10)14/h7-8H,5-6H2,1-4H3,(H,16,17). The lowest BCUT2D eigenvalue weighted by atomic mass is 9.99. The van der Waals surface area contributed by atoms with Crippen LogP contribution in [0.5, 0.6) is 11.5 Å². The van der Waals surface area contributed by atoms with Crippen molar-refractivity contribution in [3.05, 3.63) is 33.6 Å².